The van der Waals surface area contributed by atoms with Gasteiger partial charge in [-0.25, -0.2) is 0 Å². The van der Waals surface area contributed by atoms with Crippen molar-refractivity contribution in [2.75, 3.05) is 0 Å². The number of halogens is 14. The van der Waals surface area contributed by atoms with Crippen molar-refractivity contribution in [3.8, 4) is 0 Å². The summed E-state index contributed by atoms with van der Waals surface area (Å²) in [5.41, 5.74) is 0. The molecule has 0 saturated heterocycles. The van der Waals surface area contributed by atoms with E-state index in [1.165, 1.54) is 0 Å². The lowest BCUT2D eigenvalue weighted by molar-refractivity contribution is -0.506. The molecule has 15 heteroatoms. The first-order valence-corrected chi connectivity index (χ1v) is 5.11. The van der Waals surface area contributed by atoms with Crippen LogP contribution < -0.4 is 0 Å². The maximum absolute atomic E-state index is 12.3. The molecule has 1 aliphatic carbocycles. The molecule has 22 heavy (non-hydrogen) atoms. The molecule has 0 amide bonds. The molecule has 0 spiro atoms. The first-order valence-electron chi connectivity index (χ1n) is 4.35. The summed E-state index contributed by atoms with van der Waals surface area (Å²) in [6.45, 7) is 0. The Morgan fingerprint density at radius 1 is 0.455 bits per heavy atom. The van der Waals surface area contributed by atoms with E-state index in [1.54, 1.807) is 0 Å². The van der Waals surface area contributed by atoms with Crippen LogP contribution in [0, 0.1) is 0 Å². The van der Waals surface area contributed by atoms with Crippen molar-refractivity contribution in [3.63, 3.8) is 0 Å². The number of carbonyl (C=O) groups is 1. The number of carbonyl (C=O) groups excluding carboxylic acids is 1. The van der Waals surface area contributed by atoms with Gasteiger partial charge >= 0.3 is 40.2 Å². The lowest BCUT2D eigenvalue weighted by atomic mass is 9.80. The zero-order valence-corrected chi connectivity index (χ0v) is 10.7. The van der Waals surface area contributed by atoms with E-state index < -0.39 is 40.2 Å². The number of alkyl halides is 12. The summed E-state index contributed by atoms with van der Waals surface area (Å²) in [7, 11) is 0. The third-order valence-corrected chi connectivity index (χ3v) is 2.37. The van der Waals surface area contributed by atoms with E-state index in [-0.39, 0.29) is 0 Å². The van der Waals surface area contributed by atoms with Crippen LogP contribution in [-0.4, -0.2) is 40.2 Å². The topological polar surface area (TPSA) is 17.1 Å². The van der Waals surface area contributed by atoms with Gasteiger partial charge in [-0.2, -0.15) is 52.7 Å². The van der Waals surface area contributed by atoms with Crippen LogP contribution in [-0.2, 0) is 0 Å². The van der Waals surface area contributed by atoms with E-state index in [1.807, 2.05) is 0 Å². The summed E-state index contributed by atoms with van der Waals surface area (Å²) in [6, 6.07) is 0. The van der Waals surface area contributed by atoms with Crippen LogP contribution in [0.1, 0.15) is 0 Å². The SMILES string of the molecule is FC1(F)C(F)(F)C(F)(F)C(F)(F)C(F)(F)C1(F)F.O=C(Cl)Cl. The lowest BCUT2D eigenvalue weighted by Crippen LogP contribution is -2.82. The average Bonchev–Trinajstić information content (AvgIpc) is 2.25. The molecule has 1 rings (SSSR count). The fourth-order valence-electron chi connectivity index (χ4n) is 1.18. The van der Waals surface area contributed by atoms with E-state index in [0.717, 1.165) is 0 Å². The molecule has 0 aromatic rings. The monoisotopic (exact) mass is 398 g/mol. The fourth-order valence-corrected chi connectivity index (χ4v) is 1.18. The Labute approximate surface area is 122 Å². The summed E-state index contributed by atoms with van der Waals surface area (Å²) in [5, 5.41) is 0. The molecule has 0 aromatic carbocycles. The van der Waals surface area contributed by atoms with Crippen LogP contribution >= 0.6 is 23.2 Å². The minimum atomic E-state index is -7.35. The molecular formula is C7Cl2F12O. The highest BCUT2D eigenvalue weighted by Gasteiger charge is 3.02. The molecule has 0 radical (unpaired) electrons. The molecule has 1 nitrogen and oxygen atoms in total. The van der Waals surface area contributed by atoms with E-state index in [9.17, 15) is 52.7 Å². The average molecular weight is 399 g/mol. The van der Waals surface area contributed by atoms with E-state index in [4.69, 9.17) is 4.79 Å². The largest absolute Gasteiger partial charge is 0.385 e. The van der Waals surface area contributed by atoms with Gasteiger partial charge in [0, 0.05) is 0 Å². The summed E-state index contributed by atoms with van der Waals surface area (Å²) < 4.78 is 147. The predicted molar refractivity (Wildman–Crippen MR) is 46.8 cm³/mol. The molecule has 0 aliphatic heterocycles. The second-order valence-electron chi connectivity index (χ2n) is 3.67. The van der Waals surface area contributed by atoms with Crippen LogP contribution in [0.5, 0.6) is 0 Å². The number of rotatable bonds is 0. The normalized spacial score (nSPS) is 29.0. The molecule has 0 unspecified atom stereocenters. The quantitative estimate of drug-likeness (QED) is 0.394. The van der Waals surface area contributed by atoms with Gasteiger partial charge in [0.15, 0.2) is 0 Å². The Hall–Kier alpha value is -0.590. The molecule has 1 saturated carbocycles. The third kappa shape index (κ3) is 2.31. The van der Waals surface area contributed by atoms with Crippen LogP contribution in [0.25, 0.3) is 0 Å². The summed E-state index contributed by atoms with van der Waals surface area (Å²) >= 11 is 8.80. The first kappa shape index (κ1) is 21.4. The van der Waals surface area contributed by atoms with Gasteiger partial charge in [-0.15, -0.1) is 0 Å². The Balaban J connectivity index is 0.000000980. The molecule has 0 bridgehead atoms. The molecule has 1 fully saturated rings. The van der Waals surface area contributed by atoms with Gasteiger partial charge in [0.2, 0.25) is 0 Å². The second kappa shape index (κ2) is 5.21. The lowest BCUT2D eigenvalue weighted by Gasteiger charge is -2.49. The molecule has 0 aromatic heterocycles. The summed E-state index contributed by atoms with van der Waals surface area (Å²) in [4.78, 5) is 8.98. The van der Waals surface area contributed by atoms with Gasteiger partial charge in [0.05, 0.1) is 0 Å². The Kier molecular flexibility index (Phi) is 5.07. The highest BCUT2D eigenvalue weighted by Crippen LogP contribution is 2.69. The van der Waals surface area contributed by atoms with Crippen molar-refractivity contribution >= 4 is 27.9 Å². The second-order valence-corrected chi connectivity index (χ2v) is 4.55. The summed E-state index contributed by atoms with van der Waals surface area (Å²) in [5.74, 6) is -44.1. The van der Waals surface area contributed by atoms with E-state index >= 15 is 0 Å². The van der Waals surface area contributed by atoms with Crippen molar-refractivity contribution in [1.82, 2.24) is 0 Å². The number of hydrogen-bond acceptors (Lipinski definition) is 1. The van der Waals surface area contributed by atoms with Gasteiger partial charge in [-0.3, -0.25) is 4.79 Å². The van der Waals surface area contributed by atoms with Crippen LogP contribution in [0.3, 0.4) is 0 Å². The molecule has 0 N–H and O–H groups in total. The van der Waals surface area contributed by atoms with E-state index in [0.29, 0.717) is 0 Å². The predicted octanol–water partition coefficient (Wildman–Crippen LogP) is 5.40. The smallest absolute Gasteiger partial charge is 0.262 e. The van der Waals surface area contributed by atoms with Gasteiger partial charge in [0.25, 0.3) is 0 Å². The summed E-state index contributed by atoms with van der Waals surface area (Å²) in [6.07, 6.45) is 0. The molecule has 0 heterocycles. The van der Waals surface area contributed by atoms with E-state index in [2.05, 4.69) is 23.2 Å². The highest BCUT2D eigenvalue weighted by atomic mass is 35.5. The third-order valence-electron chi connectivity index (χ3n) is 2.37. The van der Waals surface area contributed by atoms with Crippen molar-refractivity contribution in [2.24, 2.45) is 0 Å². The van der Waals surface area contributed by atoms with Crippen LogP contribution in [0.15, 0.2) is 0 Å². The van der Waals surface area contributed by atoms with Gasteiger partial charge in [-0.1, -0.05) is 0 Å². The fraction of sp³-hybridized carbons (Fsp3) is 0.857. The molecule has 132 valence electrons. The van der Waals surface area contributed by atoms with Crippen molar-refractivity contribution < 1.29 is 57.5 Å². The highest BCUT2D eigenvalue weighted by molar-refractivity contribution is 6.93. The van der Waals surface area contributed by atoms with Crippen LogP contribution in [0.2, 0.25) is 0 Å². The maximum atomic E-state index is 12.3. The van der Waals surface area contributed by atoms with Crippen LogP contribution in [0.4, 0.5) is 57.5 Å². The van der Waals surface area contributed by atoms with Crippen molar-refractivity contribution in [2.45, 2.75) is 35.5 Å². The van der Waals surface area contributed by atoms with Gasteiger partial charge in [0.1, 0.15) is 0 Å². The Morgan fingerprint density at radius 3 is 0.545 bits per heavy atom. The molecule has 0 atom stereocenters. The zero-order chi connectivity index (χ0) is 18.6. The van der Waals surface area contributed by atoms with Gasteiger partial charge < -0.3 is 0 Å². The Bertz CT molecular complexity index is 337. The van der Waals surface area contributed by atoms with Crippen molar-refractivity contribution in [1.29, 1.82) is 0 Å². The van der Waals surface area contributed by atoms with Gasteiger partial charge in [-0.05, 0) is 23.2 Å². The molecular weight excluding hydrogens is 399 g/mol. The molecule has 1 aliphatic rings. The first-order chi connectivity index (χ1) is 9.23. The maximum Gasteiger partial charge on any atom is 0.385 e. The minimum absolute atomic E-state index is 0.889. The zero-order valence-electron chi connectivity index (χ0n) is 9.20. The standard InChI is InChI=1S/C6F12.CCl2O/c7-1(8)2(9,10)4(13,14)6(17,18)5(15,16)3(1,11)12;2-1(3)4. The van der Waals surface area contributed by atoms with Crippen molar-refractivity contribution in [3.05, 3.63) is 0 Å². The Morgan fingerprint density at radius 2 is 0.500 bits per heavy atom. The minimum Gasteiger partial charge on any atom is -0.262 e. The number of hydrogen-bond donors (Lipinski definition) is 0.